The number of esters is 1. The lowest BCUT2D eigenvalue weighted by molar-refractivity contribution is -0.385. The van der Waals surface area contributed by atoms with Gasteiger partial charge in [0.2, 0.25) is 5.95 Å². The summed E-state index contributed by atoms with van der Waals surface area (Å²) in [6.45, 7) is 3.37. The molecule has 0 aliphatic carbocycles. The highest BCUT2D eigenvalue weighted by Crippen LogP contribution is 2.42. The zero-order valence-corrected chi connectivity index (χ0v) is 14.6. The Balaban J connectivity index is 2.35. The molecule has 10 nitrogen and oxygen atoms in total. The Morgan fingerprint density at radius 2 is 2.11 bits per heavy atom. The van der Waals surface area contributed by atoms with Crippen molar-refractivity contribution >= 4 is 23.4 Å². The van der Waals surface area contributed by atoms with E-state index in [0.29, 0.717) is 5.70 Å². The molecule has 0 saturated carbocycles. The molecule has 0 fully saturated rings. The fraction of sp³-hybridized carbons (Fsp3) is 0.235. The molecule has 1 aromatic heterocycles. The Morgan fingerprint density at radius 1 is 1.41 bits per heavy atom. The molecule has 4 N–H and O–H groups in total. The fourth-order valence-electron chi connectivity index (χ4n) is 3.16. The summed E-state index contributed by atoms with van der Waals surface area (Å²) in [7, 11) is 0. The molecule has 0 spiro atoms. The number of anilines is 2. The number of nitro benzene ring substituents is 1. The molecule has 2 heterocycles. The number of H-pyrrole nitrogens is 1. The lowest BCUT2D eigenvalue weighted by Gasteiger charge is -2.28. The number of allylic oxidation sites excluding steroid dienone is 1. The van der Waals surface area contributed by atoms with E-state index in [1.165, 1.54) is 18.2 Å². The number of hydrogen-bond acceptors (Lipinski definition) is 8. The van der Waals surface area contributed by atoms with Gasteiger partial charge in [0, 0.05) is 17.3 Å². The average molecular weight is 371 g/mol. The van der Waals surface area contributed by atoms with E-state index in [4.69, 9.17) is 10.5 Å². The van der Waals surface area contributed by atoms with Crippen molar-refractivity contribution in [3.8, 4) is 0 Å². The number of carbonyl (C=O) groups excluding carboxylic acids is 1. The van der Waals surface area contributed by atoms with Crippen LogP contribution in [-0.4, -0.2) is 27.5 Å². The van der Waals surface area contributed by atoms with Crippen molar-refractivity contribution in [2.45, 2.75) is 19.8 Å². The third-order valence-corrected chi connectivity index (χ3v) is 4.20. The maximum Gasteiger partial charge on any atom is 0.336 e. The van der Waals surface area contributed by atoms with Crippen LogP contribution in [0.25, 0.3) is 0 Å². The van der Waals surface area contributed by atoms with Crippen LogP contribution in [0.5, 0.6) is 0 Å². The second kappa shape index (κ2) is 6.90. The van der Waals surface area contributed by atoms with Crippen molar-refractivity contribution < 1.29 is 14.5 Å². The van der Waals surface area contributed by atoms with E-state index >= 15 is 0 Å². The van der Waals surface area contributed by atoms with Crippen molar-refractivity contribution in [3.05, 3.63) is 67.1 Å². The SMILES string of the molecule is CCOC(=O)C1=C(C)Nc2nc(N)[nH]c(=O)c2C1c1ccccc1[N+](=O)[O-]. The quantitative estimate of drug-likeness (QED) is 0.416. The van der Waals surface area contributed by atoms with Crippen molar-refractivity contribution in [1.29, 1.82) is 0 Å². The molecule has 1 unspecified atom stereocenters. The van der Waals surface area contributed by atoms with E-state index in [1.807, 2.05) is 0 Å². The molecule has 0 saturated heterocycles. The number of nitro groups is 1. The molecular formula is C17H17N5O5. The fourth-order valence-corrected chi connectivity index (χ4v) is 3.16. The van der Waals surface area contributed by atoms with Crippen LogP contribution in [-0.2, 0) is 9.53 Å². The number of aromatic nitrogens is 2. The van der Waals surface area contributed by atoms with E-state index in [2.05, 4.69) is 15.3 Å². The number of rotatable bonds is 4. The molecule has 10 heteroatoms. The van der Waals surface area contributed by atoms with Crippen LogP contribution in [0.2, 0.25) is 0 Å². The number of aromatic amines is 1. The number of nitrogens with one attached hydrogen (secondary N) is 2. The van der Waals surface area contributed by atoms with Crippen LogP contribution in [0.1, 0.15) is 30.9 Å². The van der Waals surface area contributed by atoms with Gasteiger partial charge in [-0.05, 0) is 13.8 Å². The van der Waals surface area contributed by atoms with Gasteiger partial charge in [-0.2, -0.15) is 4.98 Å². The second-order valence-electron chi connectivity index (χ2n) is 5.85. The Labute approximate surface area is 153 Å². The summed E-state index contributed by atoms with van der Waals surface area (Å²) in [4.78, 5) is 42.7. The molecule has 27 heavy (non-hydrogen) atoms. The summed E-state index contributed by atoms with van der Waals surface area (Å²) in [5.74, 6) is -1.67. The first-order valence-corrected chi connectivity index (χ1v) is 8.13. The van der Waals surface area contributed by atoms with E-state index in [0.717, 1.165) is 0 Å². The summed E-state index contributed by atoms with van der Waals surface area (Å²) in [5.41, 5.74) is 5.52. The van der Waals surface area contributed by atoms with Crippen LogP contribution in [0.4, 0.5) is 17.5 Å². The highest BCUT2D eigenvalue weighted by molar-refractivity contribution is 5.94. The molecule has 2 aromatic rings. The Kier molecular flexibility index (Phi) is 4.63. The van der Waals surface area contributed by atoms with Gasteiger partial charge >= 0.3 is 5.97 Å². The third-order valence-electron chi connectivity index (χ3n) is 4.20. The number of para-hydroxylation sites is 1. The topological polar surface area (TPSA) is 153 Å². The van der Waals surface area contributed by atoms with Gasteiger partial charge in [-0.3, -0.25) is 19.9 Å². The molecule has 1 aromatic carbocycles. The summed E-state index contributed by atoms with van der Waals surface area (Å²) >= 11 is 0. The zero-order chi connectivity index (χ0) is 19.7. The van der Waals surface area contributed by atoms with Crippen LogP contribution < -0.4 is 16.6 Å². The van der Waals surface area contributed by atoms with Crippen LogP contribution >= 0.6 is 0 Å². The number of carbonyl (C=O) groups is 1. The molecule has 1 aliphatic heterocycles. The Morgan fingerprint density at radius 3 is 2.78 bits per heavy atom. The predicted octanol–water partition coefficient (Wildman–Crippen LogP) is 1.65. The van der Waals surface area contributed by atoms with Crippen LogP contribution in [0, 0.1) is 10.1 Å². The first-order chi connectivity index (χ1) is 12.8. The smallest absolute Gasteiger partial charge is 0.336 e. The van der Waals surface area contributed by atoms with Crippen molar-refractivity contribution in [2.75, 3.05) is 17.7 Å². The molecule has 0 bridgehead atoms. The maximum absolute atomic E-state index is 12.6. The van der Waals surface area contributed by atoms with E-state index in [1.54, 1.807) is 19.9 Å². The number of ether oxygens (including phenoxy) is 1. The number of nitrogens with zero attached hydrogens (tertiary/aromatic N) is 2. The number of fused-ring (bicyclic) bond motifs is 1. The predicted molar refractivity (Wildman–Crippen MR) is 97.2 cm³/mol. The van der Waals surface area contributed by atoms with Crippen molar-refractivity contribution in [2.24, 2.45) is 0 Å². The molecule has 0 amide bonds. The first kappa shape index (κ1) is 18.1. The lowest BCUT2D eigenvalue weighted by Crippen LogP contribution is -2.31. The van der Waals surface area contributed by atoms with Gasteiger partial charge in [0.1, 0.15) is 5.82 Å². The van der Waals surface area contributed by atoms with Crippen LogP contribution in [0.3, 0.4) is 0 Å². The molecule has 1 aliphatic rings. The van der Waals surface area contributed by atoms with Crippen molar-refractivity contribution in [1.82, 2.24) is 9.97 Å². The minimum absolute atomic E-state index is 0.0622. The van der Waals surface area contributed by atoms with E-state index in [9.17, 15) is 19.7 Å². The van der Waals surface area contributed by atoms with E-state index < -0.39 is 22.4 Å². The minimum Gasteiger partial charge on any atom is -0.463 e. The number of benzene rings is 1. The highest BCUT2D eigenvalue weighted by atomic mass is 16.6. The standard InChI is InChI=1S/C17H17N5O5/c1-3-27-16(24)11-8(2)19-14-13(15(23)21-17(18)20-14)12(11)9-6-4-5-7-10(9)22(25)26/h4-7,12H,3H2,1-2H3,(H4,18,19,20,21,23). The zero-order valence-electron chi connectivity index (χ0n) is 14.6. The van der Waals surface area contributed by atoms with Gasteiger partial charge in [0.05, 0.1) is 28.6 Å². The maximum atomic E-state index is 12.6. The molecular weight excluding hydrogens is 354 g/mol. The highest BCUT2D eigenvalue weighted by Gasteiger charge is 2.39. The van der Waals surface area contributed by atoms with Gasteiger partial charge < -0.3 is 15.8 Å². The normalized spacial score (nSPS) is 15.7. The molecule has 3 rings (SSSR count). The number of nitrogens with two attached hydrogens (primary N) is 1. The first-order valence-electron chi connectivity index (χ1n) is 8.13. The van der Waals surface area contributed by atoms with Crippen molar-refractivity contribution in [3.63, 3.8) is 0 Å². The van der Waals surface area contributed by atoms with Gasteiger partial charge in [0.15, 0.2) is 0 Å². The summed E-state index contributed by atoms with van der Waals surface area (Å²) in [6, 6.07) is 5.92. The second-order valence-corrected chi connectivity index (χ2v) is 5.85. The molecule has 1 atom stereocenters. The largest absolute Gasteiger partial charge is 0.463 e. The monoisotopic (exact) mass is 371 g/mol. The van der Waals surface area contributed by atoms with Gasteiger partial charge in [-0.1, -0.05) is 18.2 Å². The molecule has 140 valence electrons. The average Bonchev–Trinajstić information content (AvgIpc) is 2.60. The van der Waals surface area contributed by atoms with E-state index in [-0.39, 0.29) is 40.8 Å². The summed E-state index contributed by atoms with van der Waals surface area (Å²) in [5, 5.41) is 14.4. The summed E-state index contributed by atoms with van der Waals surface area (Å²) < 4.78 is 5.12. The number of nitrogen functional groups attached to an aromatic ring is 1. The van der Waals surface area contributed by atoms with Crippen LogP contribution in [0.15, 0.2) is 40.3 Å². The Bertz CT molecular complexity index is 1030. The number of hydrogen-bond donors (Lipinski definition) is 3. The summed E-state index contributed by atoms with van der Waals surface area (Å²) in [6.07, 6.45) is 0. The lowest BCUT2D eigenvalue weighted by atomic mass is 9.81. The van der Waals surface area contributed by atoms with Gasteiger partial charge in [0.25, 0.3) is 11.2 Å². The minimum atomic E-state index is -1.03. The third kappa shape index (κ3) is 3.12. The Hall–Kier alpha value is -3.69. The molecule has 0 radical (unpaired) electrons. The van der Waals surface area contributed by atoms with Gasteiger partial charge in [-0.15, -0.1) is 0 Å². The van der Waals surface area contributed by atoms with Gasteiger partial charge in [-0.25, -0.2) is 4.79 Å².